The Morgan fingerprint density at radius 2 is 2.03 bits per heavy atom. The van der Waals surface area contributed by atoms with Crippen LogP contribution in [0.1, 0.15) is 36.8 Å². The van der Waals surface area contributed by atoms with Crippen LogP contribution in [0.25, 0.3) is 0 Å². The first-order valence-corrected chi connectivity index (χ1v) is 13.5. The lowest BCUT2D eigenvalue weighted by molar-refractivity contribution is -0.140. The minimum absolute atomic E-state index is 0.0489. The molecule has 0 N–H and O–H groups in total. The van der Waals surface area contributed by atoms with E-state index in [0.717, 1.165) is 29.5 Å². The molecule has 0 amide bonds. The lowest BCUT2D eigenvalue weighted by Gasteiger charge is -2.33. The first-order valence-electron chi connectivity index (χ1n) is 12.1. The fraction of sp³-hybridized carbons (Fsp3) is 0.286. The van der Waals surface area contributed by atoms with Crippen LogP contribution in [-0.2, 0) is 42.0 Å². The van der Waals surface area contributed by atoms with Crippen LogP contribution in [0, 0.1) is 0 Å². The number of pyridine rings is 1. The Balaban J connectivity index is 1.72. The maximum atomic E-state index is 14.0. The van der Waals surface area contributed by atoms with Gasteiger partial charge in [0.05, 0.1) is 13.2 Å². The summed E-state index contributed by atoms with van der Waals surface area (Å²) in [6, 6.07) is 11.7. The monoisotopic (exact) mass is 522 g/mol. The highest BCUT2D eigenvalue weighted by atomic mass is 32.2. The van der Waals surface area contributed by atoms with E-state index < -0.39 is 16.1 Å². The molecule has 194 valence electrons. The van der Waals surface area contributed by atoms with Gasteiger partial charge < -0.3 is 14.2 Å². The third-order valence-corrected chi connectivity index (χ3v) is 7.91. The van der Waals surface area contributed by atoms with Gasteiger partial charge in [-0.15, -0.1) is 0 Å². The van der Waals surface area contributed by atoms with Crippen molar-refractivity contribution in [2.24, 2.45) is 0 Å². The standard InChI is InChI=1S/C28H30N2O6S/c1-34-28(31)14-13-23-10-7-11-24(18-23)20-30(37(32,33)27-12-5-6-15-29-27)25(26-21-35-16-17-36-26)19-22-8-3-2-4-9-22/h2-3,5-8,10-12,15-18,21,25H,4,9,13-14,19-20H2,1H3. The average Bonchev–Trinajstić information content (AvgIpc) is 2.95. The number of hydrogen-bond acceptors (Lipinski definition) is 7. The van der Waals surface area contributed by atoms with E-state index in [1.807, 2.05) is 36.4 Å². The Kier molecular flexibility index (Phi) is 8.92. The molecule has 2 aromatic rings. The van der Waals surface area contributed by atoms with Gasteiger partial charge in [-0.3, -0.25) is 4.79 Å². The predicted molar refractivity (Wildman–Crippen MR) is 138 cm³/mol. The van der Waals surface area contributed by atoms with Crippen molar-refractivity contribution in [2.45, 2.75) is 49.7 Å². The fourth-order valence-corrected chi connectivity index (χ4v) is 5.76. The minimum Gasteiger partial charge on any atom is -0.469 e. The molecule has 2 aliphatic rings. The number of aryl methyl sites for hydroxylation is 1. The highest BCUT2D eigenvalue weighted by molar-refractivity contribution is 7.89. The number of benzene rings is 1. The first-order chi connectivity index (χ1) is 18.0. The number of esters is 1. The SMILES string of the molecule is COC(=O)CCc1cccc(CN(C(CC2=CC=CCC2)C2=COC=CO2)S(=O)(=O)c2ccccn2)c1. The maximum Gasteiger partial charge on any atom is 0.305 e. The van der Waals surface area contributed by atoms with Gasteiger partial charge in [0.2, 0.25) is 0 Å². The van der Waals surface area contributed by atoms with Crippen molar-refractivity contribution in [3.8, 4) is 0 Å². The molecule has 9 heteroatoms. The van der Waals surface area contributed by atoms with Crippen molar-refractivity contribution in [1.82, 2.24) is 9.29 Å². The minimum atomic E-state index is -4.04. The molecular weight excluding hydrogens is 492 g/mol. The van der Waals surface area contributed by atoms with E-state index >= 15 is 0 Å². The van der Waals surface area contributed by atoms with Gasteiger partial charge in [0.1, 0.15) is 18.8 Å². The van der Waals surface area contributed by atoms with Gasteiger partial charge in [0, 0.05) is 19.2 Å². The predicted octanol–water partition coefficient (Wildman–Crippen LogP) is 4.77. The molecule has 2 heterocycles. The molecule has 1 aliphatic heterocycles. The average molecular weight is 523 g/mol. The van der Waals surface area contributed by atoms with Gasteiger partial charge in [-0.2, -0.15) is 4.31 Å². The Morgan fingerprint density at radius 3 is 2.73 bits per heavy atom. The van der Waals surface area contributed by atoms with E-state index in [2.05, 4.69) is 11.1 Å². The third kappa shape index (κ3) is 6.96. The lowest BCUT2D eigenvalue weighted by atomic mass is 9.96. The van der Waals surface area contributed by atoms with Crippen molar-refractivity contribution >= 4 is 16.0 Å². The summed E-state index contributed by atoms with van der Waals surface area (Å²) in [5.41, 5.74) is 2.80. The molecule has 1 aliphatic carbocycles. The summed E-state index contributed by atoms with van der Waals surface area (Å²) in [5, 5.41) is -0.0489. The van der Waals surface area contributed by atoms with Gasteiger partial charge in [-0.25, -0.2) is 13.4 Å². The summed E-state index contributed by atoms with van der Waals surface area (Å²) in [7, 11) is -2.68. The number of aromatic nitrogens is 1. The van der Waals surface area contributed by atoms with Gasteiger partial charge in [0.15, 0.2) is 10.8 Å². The Bertz CT molecular complexity index is 1320. The van der Waals surface area contributed by atoms with Crippen LogP contribution in [0.5, 0.6) is 0 Å². The molecular formula is C28H30N2O6S. The van der Waals surface area contributed by atoms with Crippen LogP contribution in [0.4, 0.5) is 0 Å². The highest BCUT2D eigenvalue weighted by Crippen LogP contribution is 2.31. The topological polar surface area (TPSA) is 95.0 Å². The number of methoxy groups -OCH3 is 1. The molecule has 1 aromatic carbocycles. The fourth-order valence-electron chi connectivity index (χ4n) is 4.24. The van der Waals surface area contributed by atoms with E-state index in [9.17, 15) is 13.2 Å². The van der Waals surface area contributed by atoms with E-state index in [4.69, 9.17) is 14.2 Å². The second-order valence-corrected chi connectivity index (χ2v) is 10.5. The van der Waals surface area contributed by atoms with Crippen molar-refractivity contribution < 1.29 is 27.4 Å². The molecule has 37 heavy (non-hydrogen) atoms. The molecule has 0 saturated carbocycles. The summed E-state index contributed by atoms with van der Waals surface area (Å²) < 4.78 is 45.4. The zero-order chi connectivity index (χ0) is 26.1. The number of carbonyl (C=O) groups excluding carboxylic acids is 1. The highest BCUT2D eigenvalue weighted by Gasteiger charge is 2.37. The second kappa shape index (κ2) is 12.5. The number of allylic oxidation sites excluding steroid dienone is 3. The summed E-state index contributed by atoms with van der Waals surface area (Å²) in [5.74, 6) is 0.0911. The normalized spacial score (nSPS) is 15.8. The van der Waals surface area contributed by atoms with Crippen LogP contribution in [0.3, 0.4) is 0 Å². The maximum absolute atomic E-state index is 14.0. The van der Waals surface area contributed by atoms with Crippen LogP contribution >= 0.6 is 0 Å². The number of hydrogen-bond donors (Lipinski definition) is 0. The summed E-state index contributed by atoms with van der Waals surface area (Å²) in [6.07, 6.45) is 14.7. The van der Waals surface area contributed by atoms with E-state index in [0.29, 0.717) is 18.6 Å². The molecule has 0 spiro atoms. The molecule has 1 atom stereocenters. The van der Waals surface area contributed by atoms with E-state index in [-0.39, 0.29) is 24.0 Å². The molecule has 1 aromatic heterocycles. The summed E-state index contributed by atoms with van der Waals surface area (Å²) in [4.78, 5) is 15.8. The van der Waals surface area contributed by atoms with Gasteiger partial charge in [0.25, 0.3) is 10.0 Å². The van der Waals surface area contributed by atoms with Gasteiger partial charge in [-0.05, 0) is 48.9 Å². The molecule has 4 rings (SSSR count). The molecule has 0 fully saturated rings. The zero-order valence-electron chi connectivity index (χ0n) is 20.7. The zero-order valence-corrected chi connectivity index (χ0v) is 21.5. The number of nitrogens with zero attached hydrogens (tertiary/aromatic N) is 2. The number of sulfonamides is 1. The number of carbonyl (C=O) groups is 1. The smallest absolute Gasteiger partial charge is 0.305 e. The quantitative estimate of drug-likeness (QED) is 0.392. The summed E-state index contributed by atoms with van der Waals surface area (Å²) in [6.45, 7) is 0.0726. The number of ether oxygens (including phenoxy) is 3. The lowest BCUT2D eigenvalue weighted by Crippen LogP contribution is -2.42. The van der Waals surface area contributed by atoms with Gasteiger partial charge >= 0.3 is 5.97 Å². The van der Waals surface area contributed by atoms with Crippen molar-refractivity contribution in [3.63, 3.8) is 0 Å². The Hall–Kier alpha value is -3.69. The van der Waals surface area contributed by atoms with E-state index in [1.54, 1.807) is 12.1 Å². The van der Waals surface area contributed by atoms with Crippen LogP contribution in [0.2, 0.25) is 0 Å². The molecule has 0 radical (unpaired) electrons. The van der Waals surface area contributed by atoms with Crippen molar-refractivity contribution in [3.05, 3.63) is 108 Å². The molecule has 0 saturated heterocycles. The Labute approximate surface area is 217 Å². The largest absolute Gasteiger partial charge is 0.469 e. The Morgan fingerprint density at radius 1 is 1.16 bits per heavy atom. The third-order valence-electron chi connectivity index (χ3n) is 6.14. The number of rotatable bonds is 11. The second-order valence-electron chi connectivity index (χ2n) is 8.67. The van der Waals surface area contributed by atoms with E-state index in [1.165, 1.54) is 42.5 Å². The summed E-state index contributed by atoms with van der Waals surface area (Å²) >= 11 is 0. The van der Waals surface area contributed by atoms with Crippen LogP contribution in [-0.4, -0.2) is 36.8 Å². The van der Waals surface area contributed by atoms with Crippen LogP contribution < -0.4 is 0 Å². The molecule has 8 nitrogen and oxygen atoms in total. The first kappa shape index (κ1) is 26.4. The van der Waals surface area contributed by atoms with Crippen LogP contribution in [0.15, 0.2) is 102 Å². The molecule has 0 bridgehead atoms. The van der Waals surface area contributed by atoms with Gasteiger partial charge in [-0.1, -0.05) is 54.1 Å². The van der Waals surface area contributed by atoms with Crippen molar-refractivity contribution in [1.29, 1.82) is 0 Å². The van der Waals surface area contributed by atoms with Crippen molar-refractivity contribution in [2.75, 3.05) is 7.11 Å². The molecule has 1 unspecified atom stereocenters.